The quantitative estimate of drug-likeness (QED) is 0.476. The number of carbonyl (C=O) groups excluding carboxylic acids is 1. The molecule has 1 aromatic rings. The van der Waals surface area contributed by atoms with Crippen LogP contribution >= 0.6 is 0 Å². The first kappa shape index (κ1) is 13.9. The van der Waals surface area contributed by atoms with E-state index in [1.165, 1.54) is 0 Å². The molecule has 0 saturated heterocycles. The van der Waals surface area contributed by atoms with Crippen LogP contribution in [0.2, 0.25) is 0 Å². The lowest BCUT2D eigenvalue weighted by atomic mass is 10.1. The molecule has 0 aromatic heterocycles. The molecule has 0 radical (unpaired) electrons. The Morgan fingerprint density at radius 1 is 1.00 bits per heavy atom. The van der Waals surface area contributed by atoms with Gasteiger partial charge in [-0.1, -0.05) is 0 Å². The Labute approximate surface area is 102 Å². The van der Waals surface area contributed by atoms with Gasteiger partial charge in [0.25, 0.3) is 0 Å². The highest BCUT2D eigenvalue weighted by Gasteiger charge is 2.41. The van der Waals surface area contributed by atoms with Gasteiger partial charge in [0.15, 0.2) is 0 Å². The highest BCUT2D eigenvalue weighted by atomic mass is 17.1. The average Bonchev–Trinajstić information content (AvgIpc) is 2.35. The van der Waals surface area contributed by atoms with Gasteiger partial charge >= 0.3 is 23.0 Å². The lowest BCUT2D eigenvalue weighted by molar-refractivity contribution is -0.441. The van der Waals surface area contributed by atoms with Crippen LogP contribution in [0, 0.1) is 30.3 Å². The second-order valence-corrected chi connectivity index (χ2v) is 2.98. The highest BCUT2D eigenvalue weighted by Crippen LogP contribution is 2.38. The molecule has 0 aliphatic heterocycles. The number of nitro benzene ring substituents is 3. The summed E-state index contributed by atoms with van der Waals surface area (Å²) in [4.78, 5) is 42.3. The van der Waals surface area contributed by atoms with Crippen LogP contribution < -0.4 is 0 Å². The molecule has 0 atom stereocenters. The van der Waals surface area contributed by atoms with Crippen LogP contribution in [0.15, 0.2) is 12.1 Å². The number of hydrogen-bond donors (Lipinski definition) is 1. The van der Waals surface area contributed by atoms with Gasteiger partial charge in [0, 0.05) is 6.07 Å². The molecule has 0 heterocycles. The molecule has 0 aliphatic carbocycles. The maximum absolute atomic E-state index is 11.0. The van der Waals surface area contributed by atoms with Crippen molar-refractivity contribution in [3.8, 4) is 0 Å². The summed E-state index contributed by atoms with van der Waals surface area (Å²) < 4.78 is 0. The van der Waals surface area contributed by atoms with Crippen molar-refractivity contribution in [3.63, 3.8) is 0 Å². The molecule has 0 spiro atoms. The Balaban J connectivity index is 3.78. The van der Waals surface area contributed by atoms with Gasteiger partial charge in [0.2, 0.25) is 0 Å². The van der Waals surface area contributed by atoms with E-state index in [1.54, 1.807) is 0 Å². The Kier molecular flexibility index (Phi) is 3.67. The van der Waals surface area contributed by atoms with Crippen LogP contribution in [0.5, 0.6) is 0 Å². The van der Waals surface area contributed by atoms with Crippen molar-refractivity contribution in [3.05, 3.63) is 48.0 Å². The van der Waals surface area contributed by atoms with Crippen LogP contribution in [0.1, 0.15) is 10.4 Å². The Hall–Kier alpha value is -3.15. The van der Waals surface area contributed by atoms with Crippen molar-refractivity contribution in [2.24, 2.45) is 0 Å². The maximum Gasteiger partial charge on any atom is 0.423 e. The number of rotatable bonds is 4. The molecule has 0 aliphatic rings. The standard InChI is InChI=1S/C7H3N3O9/c11-7(19-18)3-1-2-4(8(12)13)6(10(16)17)5(3)9(14)15/h1-2,18H. The summed E-state index contributed by atoms with van der Waals surface area (Å²) in [6.45, 7) is 0. The van der Waals surface area contributed by atoms with Gasteiger partial charge in [-0.05, 0) is 6.07 Å². The van der Waals surface area contributed by atoms with Gasteiger partial charge < -0.3 is 0 Å². The van der Waals surface area contributed by atoms with E-state index >= 15 is 0 Å². The summed E-state index contributed by atoms with van der Waals surface area (Å²) in [6, 6.07) is 1.10. The fraction of sp³-hybridized carbons (Fsp3) is 0. The predicted molar refractivity (Wildman–Crippen MR) is 54.4 cm³/mol. The molecule has 12 nitrogen and oxygen atoms in total. The molecular weight excluding hydrogens is 270 g/mol. The van der Waals surface area contributed by atoms with Crippen molar-refractivity contribution in [2.75, 3.05) is 0 Å². The van der Waals surface area contributed by atoms with Gasteiger partial charge in [-0.2, -0.15) is 5.26 Å². The summed E-state index contributed by atoms with van der Waals surface area (Å²) in [5.74, 6) is -1.65. The van der Waals surface area contributed by atoms with E-state index in [-0.39, 0.29) is 0 Å². The maximum atomic E-state index is 11.0. The van der Waals surface area contributed by atoms with E-state index < -0.39 is 43.4 Å². The molecule has 0 fully saturated rings. The normalized spacial score (nSPS) is 9.74. The second kappa shape index (κ2) is 5.01. The molecule has 0 bridgehead atoms. The summed E-state index contributed by atoms with van der Waals surface area (Å²) >= 11 is 0. The van der Waals surface area contributed by atoms with Gasteiger partial charge in [0.1, 0.15) is 5.56 Å². The third-order valence-corrected chi connectivity index (χ3v) is 1.99. The molecular formula is C7H3N3O9. The summed E-state index contributed by atoms with van der Waals surface area (Å²) in [6.07, 6.45) is 0. The fourth-order valence-electron chi connectivity index (χ4n) is 1.30. The topological polar surface area (TPSA) is 176 Å². The van der Waals surface area contributed by atoms with Crippen molar-refractivity contribution < 1.29 is 29.7 Å². The first-order valence-electron chi connectivity index (χ1n) is 4.27. The largest absolute Gasteiger partial charge is 0.423 e. The predicted octanol–water partition coefficient (Wildman–Crippen LogP) is 1.04. The van der Waals surface area contributed by atoms with Crippen LogP contribution in [0.4, 0.5) is 17.1 Å². The van der Waals surface area contributed by atoms with Crippen LogP contribution in [-0.4, -0.2) is 26.0 Å². The van der Waals surface area contributed by atoms with Gasteiger partial charge in [-0.15, -0.1) is 0 Å². The minimum Gasteiger partial charge on any atom is -0.295 e. The first-order valence-corrected chi connectivity index (χ1v) is 4.27. The Morgan fingerprint density at radius 2 is 1.53 bits per heavy atom. The monoisotopic (exact) mass is 273 g/mol. The summed E-state index contributed by atoms with van der Waals surface area (Å²) in [5.41, 5.74) is -5.05. The summed E-state index contributed by atoms with van der Waals surface area (Å²) in [7, 11) is 0. The number of carbonyl (C=O) groups is 1. The third kappa shape index (κ3) is 2.42. The number of benzene rings is 1. The number of hydrogen-bond acceptors (Lipinski definition) is 9. The minimum atomic E-state index is -1.65. The number of nitrogens with zero attached hydrogens (tertiary/aromatic N) is 3. The van der Waals surface area contributed by atoms with E-state index in [2.05, 4.69) is 4.89 Å². The van der Waals surface area contributed by atoms with Crippen LogP contribution in [0.3, 0.4) is 0 Å². The minimum absolute atomic E-state index is 0.525. The smallest absolute Gasteiger partial charge is 0.295 e. The molecule has 0 unspecified atom stereocenters. The van der Waals surface area contributed by atoms with E-state index in [1.807, 2.05) is 0 Å². The lowest BCUT2D eigenvalue weighted by Crippen LogP contribution is -2.09. The molecule has 12 heteroatoms. The fourth-order valence-corrected chi connectivity index (χ4v) is 1.30. The summed E-state index contributed by atoms with van der Waals surface area (Å²) in [5, 5.41) is 40.1. The van der Waals surface area contributed by atoms with Crippen molar-refractivity contribution in [2.45, 2.75) is 0 Å². The Bertz CT molecular complexity index is 596. The van der Waals surface area contributed by atoms with Crippen molar-refractivity contribution >= 4 is 23.0 Å². The molecule has 1 aromatic carbocycles. The SMILES string of the molecule is O=C(OO)c1ccc([N+](=O)[O-])c([N+](=O)[O-])c1[N+](=O)[O-]. The third-order valence-electron chi connectivity index (χ3n) is 1.99. The average molecular weight is 273 g/mol. The van der Waals surface area contributed by atoms with E-state index in [0.29, 0.717) is 12.1 Å². The lowest BCUT2D eigenvalue weighted by Gasteiger charge is -2.01. The first-order chi connectivity index (χ1) is 8.81. The zero-order valence-electron chi connectivity index (χ0n) is 8.71. The van der Waals surface area contributed by atoms with Crippen molar-refractivity contribution in [1.82, 2.24) is 0 Å². The zero-order valence-corrected chi connectivity index (χ0v) is 8.71. The highest BCUT2D eigenvalue weighted by molar-refractivity contribution is 5.96. The van der Waals surface area contributed by atoms with E-state index in [4.69, 9.17) is 5.26 Å². The molecule has 0 amide bonds. The van der Waals surface area contributed by atoms with Gasteiger partial charge in [0.05, 0.1) is 14.8 Å². The van der Waals surface area contributed by atoms with Crippen molar-refractivity contribution in [1.29, 1.82) is 0 Å². The van der Waals surface area contributed by atoms with Gasteiger partial charge in [-0.25, -0.2) is 4.79 Å². The molecule has 1 N–H and O–H groups in total. The van der Waals surface area contributed by atoms with Gasteiger partial charge in [-0.3, -0.25) is 35.2 Å². The second-order valence-electron chi connectivity index (χ2n) is 2.98. The molecule has 19 heavy (non-hydrogen) atoms. The molecule has 100 valence electrons. The van der Waals surface area contributed by atoms with E-state index in [0.717, 1.165) is 0 Å². The molecule has 0 saturated carbocycles. The number of nitro groups is 3. The zero-order chi connectivity index (χ0) is 14.7. The van der Waals surface area contributed by atoms with E-state index in [9.17, 15) is 35.1 Å². The van der Waals surface area contributed by atoms with Crippen LogP contribution in [0.25, 0.3) is 0 Å². The van der Waals surface area contributed by atoms with Crippen LogP contribution in [-0.2, 0) is 4.89 Å². The molecule has 1 rings (SSSR count). The Morgan fingerprint density at radius 3 is 1.89 bits per heavy atom.